The third kappa shape index (κ3) is 8.41. The fourth-order valence-corrected chi connectivity index (χ4v) is 2.52. The maximum Gasteiger partial charge on any atom is 0.407 e. The summed E-state index contributed by atoms with van der Waals surface area (Å²) in [6.45, 7) is 12.5. The van der Waals surface area contributed by atoms with Crippen LogP contribution in [0.1, 0.15) is 66.2 Å². The van der Waals surface area contributed by atoms with E-state index in [9.17, 15) is 9.90 Å². The lowest BCUT2D eigenvalue weighted by Crippen LogP contribution is -2.38. The van der Waals surface area contributed by atoms with E-state index in [1.807, 2.05) is 6.92 Å². The fourth-order valence-electron chi connectivity index (χ4n) is 2.52. The van der Waals surface area contributed by atoms with Crippen molar-refractivity contribution in [3.05, 3.63) is 0 Å². The number of unbranched alkanes of at least 4 members (excludes halogenated alkanes) is 3. The normalized spacial score (nSPS) is 12.7. The van der Waals surface area contributed by atoms with Gasteiger partial charge in [0.1, 0.15) is 0 Å². The number of carbonyl (C=O) groups is 1. The van der Waals surface area contributed by atoms with Crippen LogP contribution in [0.4, 0.5) is 4.79 Å². The number of rotatable bonds is 12. The highest BCUT2D eigenvalue weighted by Gasteiger charge is 2.18. The lowest BCUT2D eigenvalue weighted by atomic mass is 10.1. The minimum Gasteiger partial charge on any atom is -0.465 e. The molecule has 0 aromatic carbocycles. The lowest BCUT2D eigenvalue weighted by Gasteiger charge is -2.27. The second-order valence-electron chi connectivity index (χ2n) is 5.55. The molecule has 1 atom stereocenters. The molecule has 0 rings (SSSR count). The van der Waals surface area contributed by atoms with Crippen molar-refractivity contribution in [2.45, 2.75) is 72.3 Å². The molecule has 20 heavy (non-hydrogen) atoms. The molecule has 1 unspecified atom stereocenters. The highest BCUT2D eigenvalue weighted by molar-refractivity contribution is 5.65. The first-order valence-corrected chi connectivity index (χ1v) is 8.28. The van der Waals surface area contributed by atoms with Crippen molar-refractivity contribution in [1.82, 2.24) is 9.80 Å². The summed E-state index contributed by atoms with van der Waals surface area (Å²) in [5, 5.41) is 9.32. The van der Waals surface area contributed by atoms with E-state index in [-0.39, 0.29) is 6.04 Å². The summed E-state index contributed by atoms with van der Waals surface area (Å²) in [7, 11) is 0. The molecule has 0 radical (unpaired) electrons. The fraction of sp³-hybridized carbons (Fsp3) is 0.938. The molecule has 0 aromatic heterocycles. The second-order valence-corrected chi connectivity index (χ2v) is 5.55. The summed E-state index contributed by atoms with van der Waals surface area (Å²) in [4.78, 5) is 15.3. The van der Waals surface area contributed by atoms with Crippen LogP contribution in [0.5, 0.6) is 0 Å². The molecule has 0 spiro atoms. The van der Waals surface area contributed by atoms with Gasteiger partial charge in [0.15, 0.2) is 0 Å². The molecule has 0 aliphatic carbocycles. The van der Waals surface area contributed by atoms with E-state index in [0.717, 1.165) is 45.3 Å². The van der Waals surface area contributed by atoms with Crippen LogP contribution in [-0.2, 0) is 0 Å². The SMILES string of the molecule is CCCCCCN(C(=O)O)C(C)CCCN(CC)CC. The number of nitrogens with zero attached hydrogens (tertiary/aromatic N) is 2. The van der Waals surface area contributed by atoms with Crippen LogP contribution < -0.4 is 0 Å². The Morgan fingerprint density at radius 2 is 1.65 bits per heavy atom. The van der Waals surface area contributed by atoms with Gasteiger partial charge in [-0.05, 0) is 45.8 Å². The minimum atomic E-state index is -0.767. The second kappa shape index (κ2) is 12.0. The topological polar surface area (TPSA) is 43.8 Å². The standard InChI is InChI=1S/C16H34N2O2/c1-5-8-9-10-14-18(16(19)20)15(4)12-11-13-17(6-2)7-3/h15H,5-14H2,1-4H3,(H,19,20). The minimum absolute atomic E-state index is 0.129. The smallest absolute Gasteiger partial charge is 0.407 e. The largest absolute Gasteiger partial charge is 0.465 e. The van der Waals surface area contributed by atoms with E-state index in [2.05, 4.69) is 25.7 Å². The summed E-state index contributed by atoms with van der Waals surface area (Å²) >= 11 is 0. The summed E-state index contributed by atoms with van der Waals surface area (Å²) < 4.78 is 0. The maximum absolute atomic E-state index is 11.3. The molecule has 1 N–H and O–H groups in total. The average Bonchev–Trinajstić information content (AvgIpc) is 2.43. The average molecular weight is 286 g/mol. The summed E-state index contributed by atoms with van der Waals surface area (Å²) in [5.41, 5.74) is 0. The molecule has 0 aromatic rings. The quantitative estimate of drug-likeness (QED) is 0.550. The van der Waals surface area contributed by atoms with Crippen LogP contribution >= 0.6 is 0 Å². The zero-order chi connectivity index (χ0) is 15.4. The molecule has 4 heteroatoms. The van der Waals surface area contributed by atoms with Crippen LogP contribution in [0.2, 0.25) is 0 Å². The molecule has 0 saturated carbocycles. The van der Waals surface area contributed by atoms with Crippen molar-refractivity contribution >= 4 is 6.09 Å². The van der Waals surface area contributed by atoms with E-state index in [4.69, 9.17) is 0 Å². The molecule has 0 heterocycles. The van der Waals surface area contributed by atoms with Gasteiger partial charge in [-0.25, -0.2) is 4.79 Å². The van der Waals surface area contributed by atoms with E-state index < -0.39 is 6.09 Å². The predicted octanol–water partition coefficient (Wildman–Crippen LogP) is 4.06. The van der Waals surface area contributed by atoms with E-state index in [0.29, 0.717) is 6.54 Å². The molecule has 0 saturated heterocycles. The summed E-state index contributed by atoms with van der Waals surface area (Å²) in [6.07, 6.45) is 5.76. The van der Waals surface area contributed by atoms with Crippen LogP contribution in [0.3, 0.4) is 0 Å². The van der Waals surface area contributed by atoms with Gasteiger partial charge in [-0.3, -0.25) is 0 Å². The van der Waals surface area contributed by atoms with Crippen molar-refractivity contribution in [1.29, 1.82) is 0 Å². The zero-order valence-electron chi connectivity index (χ0n) is 13.9. The molecule has 0 aliphatic heterocycles. The van der Waals surface area contributed by atoms with Gasteiger partial charge in [-0.2, -0.15) is 0 Å². The molecule has 1 amide bonds. The Morgan fingerprint density at radius 1 is 1.00 bits per heavy atom. The molecule has 0 fully saturated rings. The molecular formula is C16H34N2O2. The molecule has 0 aliphatic rings. The Labute approximate surface area is 125 Å². The lowest BCUT2D eigenvalue weighted by molar-refractivity contribution is 0.122. The Morgan fingerprint density at radius 3 is 2.15 bits per heavy atom. The Bertz CT molecular complexity index is 243. The third-order valence-corrected chi connectivity index (χ3v) is 4.02. The van der Waals surface area contributed by atoms with Crippen LogP contribution in [0.15, 0.2) is 0 Å². The van der Waals surface area contributed by atoms with Gasteiger partial charge in [-0.1, -0.05) is 40.0 Å². The van der Waals surface area contributed by atoms with Gasteiger partial charge >= 0.3 is 6.09 Å². The number of carboxylic acid groups (broad SMARTS) is 1. The van der Waals surface area contributed by atoms with Crippen molar-refractivity contribution in [3.8, 4) is 0 Å². The molecule has 4 nitrogen and oxygen atoms in total. The third-order valence-electron chi connectivity index (χ3n) is 4.02. The molecular weight excluding hydrogens is 252 g/mol. The maximum atomic E-state index is 11.3. The summed E-state index contributed by atoms with van der Waals surface area (Å²) in [6, 6.07) is 0.129. The highest BCUT2D eigenvalue weighted by atomic mass is 16.4. The van der Waals surface area contributed by atoms with E-state index in [1.54, 1.807) is 4.90 Å². The number of amides is 1. The first kappa shape index (κ1) is 19.2. The Balaban J connectivity index is 4.02. The van der Waals surface area contributed by atoms with Gasteiger partial charge in [0.25, 0.3) is 0 Å². The molecule has 120 valence electrons. The Kier molecular flexibility index (Phi) is 11.5. The first-order valence-electron chi connectivity index (χ1n) is 8.28. The Hall–Kier alpha value is -0.770. The van der Waals surface area contributed by atoms with Gasteiger partial charge in [0, 0.05) is 12.6 Å². The van der Waals surface area contributed by atoms with Crippen molar-refractivity contribution in [2.75, 3.05) is 26.2 Å². The van der Waals surface area contributed by atoms with E-state index >= 15 is 0 Å². The van der Waals surface area contributed by atoms with Gasteiger partial charge < -0.3 is 14.9 Å². The van der Waals surface area contributed by atoms with Crippen molar-refractivity contribution in [2.24, 2.45) is 0 Å². The van der Waals surface area contributed by atoms with Gasteiger partial charge in [-0.15, -0.1) is 0 Å². The monoisotopic (exact) mass is 286 g/mol. The zero-order valence-corrected chi connectivity index (χ0v) is 13.9. The van der Waals surface area contributed by atoms with Gasteiger partial charge in [0.05, 0.1) is 0 Å². The number of hydrogen-bond acceptors (Lipinski definition) is 2. The summed E-state index contributed by atoms with van der Waals surface area (Å²) in [5.74, 6) is 0. The van der Waals surface area contributed by atoms with Gasteiger partial charge in [0.2, 0.25) is 0 Å². The van der Waals surface area contributed by atoms with E-state index in [1.165, 1.54) is 12.8 Å². The van der Waals surface area contributed by atoms with Crippen LogP contribution in [-0.4, -0.2) is 53.2 Å². The van der Waals surface area contributed by atoms with Crippen molar-refractivity contribution < 1.29 is 9.90 Å². The van der Waals surface area contributed by atoms with Crippen LogP contribution in [0, 0.1) is 0 Å². The van der Waals surface area contributed by atoms with Crippen molar-refractivity contribution in [3.63, 3.8) is 0 Å². The first-order chi connectivity index (χ1) is 9.56. The highest BCUT2D eigenvalue weighted by Crippen LogP contribution is 2.10. The van der Waals surface area contributed by atoms with Crippen LogP contribution in [0.25, 0.3) is 0 Å². The molecule has 0 bridgehead atoms. The number of hydrogen-bond donors (Lipinski definition) is 1. The predicted molar refractivity (Wildman–Crippen MR) is 85.4 cm³/mol.